The zero-order chi connectivity index (χ0) is 19.5. The first-order valence-electron chi connectivity index (χ1n) is 9.92. The molecule has 1 aliphatic rings. The fourth-order valence-corrected chi connectivity index (χ4v) is 5.85. The quantitative estimate of drug-likeness (QED) is 0.542. The van der Waals surface area contributed by atoms with Crippen LogP contribution in [0.5, 0.6) is 0 Å². The Morgan fingerprint density at radius 3 is 2.79 bits per heavy atom. The van der Waals surface area contributed by atoms with Crippen LogP contribution in [0.2, 0.25) is 0 Å². The number of aryl methyl sites for hydroxylation is 2. The molecule has 0 saturated heterocycles. The Bertz CT molecular complexity index is 1040. The molecule has 4 rings (SSSR count). The molecule has 2 heterocycles. The third-order valence-electron chi connectivity index (χ3n) is 5.23. The lowest BCUT2D eigenvalue weighted by Crippen LogP contribution is -2.27. The van der Waals surface area contributed by atoms with Crippen LogP contribution in [-0.4, -0.2) is 20.6 Å². The Morgan fingerprint density at radius 1 is 1.21 bits per heavy atom. The minimum absolute atomic E-state index is 0.0163. The summed E-state index contributed by atoms with van der Waals surface area (Å²) in [7, 11) is 0. The van der Waals surface area contributed by atoms with Crippen LogP contribution in [0.4, 0.5) is 0 Å². The van der Waals surface area contributed by atoms with Gasteiger partial charge in [-0.3, -0.25) is 14.2 Å². The maximum absolute atomic E-state index is 13.3. The topological polar surface area (TPSA) is 52.0 Å². The van der Waals surface area contributed by atoms with E-state index in [1.54, 1.807) is 15.9 Å². The van der Waals surface area contributed by atoms with Gasteiger partial charge in [-0.15, -0.1) is 11.3 Å². The summed E-state index contributed by atoms with van der Waals surface area (Å²) in [5.74, 6) is 0.292. The number of rotatable bonds is 6. The van der Waals surface area contributed by atoms with Gasteiger partial charge < -0.3 is 0 Å². The number of Topliss-reactive ketones (excluding diaryl/α,β-unsaturated/α-hetero) is 1. The monoisotopic (exact) mass is 412 g/mol. The number of carbonyl (C=O) groups is 1. The molecule has 0 spiro atoms. The molecule has 0 aliphatic heterocycles. The fourth-order valence-electron chi connectivity index (χ4n) is 3.60. The van der Waals surface area contributed by atoms with Crippen LogP contribution in [0.3, 0.4) is 0 Å². The van der Waals surface area contributed by atoms with E-state index in [2.05, 4.69) is 19.1 Å². The molecule has 1 saturated carbocycles. The summed E-state index contributed by atoms with van der Waals surface area (Å²) < 4.78 is 1.79. The van der Waals surface area contributed by atoms with Crippen molar-refractivity contribution in [2.75, 3.05) is 0 Å². The second-order valence-corrected chi connectivity index (χ2v) is 9.48. The highest BCUT2D eigenvalue weighted by Crippen LogP contribution is 2.32. The number of fused-ring (bicyclic) bond motifs is 1. The Hall–Kier alpha value is -1.92. The van der Waals surface area contributed by atoms with Crippen LogP contribution >= 0.6 is 23.1 Å². The second kappa shape index (κ2) is 8.62. The fraction of sp³-hybridized carbons (Fsp3) is 0.409. The largest absolute Gasteiger partial charge is 0.298 e. The first-order valence-corrected chi connectivity index (χ1v) is 11.6. The molecule has 1 atom stereocenters. The molecule has 146 valence electrons. The van der Waals surface area contributed by atoms with Crippen LogP contribution in [0.15, 0.2) is 46.3 Å². The molecule has 6 heteroatoms. The number of hydrogen-bond donors (Lipinski definition) is 0. The first-order chi connectivity index (χ1) is 13.7. The van der Waals surface area contributed by atoms with Crippen LogP contribution in [-0.2, 0) is 24.2 Å². The van der Waals surface area contributed by atoms with Gasteiger partial charge in [0.2, 0.25) is 0 Å². The Morgan fingerprint density at radius 2 is 2.04 bits per heavy atom. The molecule has 1 aliphatic carbocycles. The molecule has 28 heavy (non-hydrogen) atoms. The lowest BCUT2D eigenvalue weighted by molar-refractivity contribution is -0.119. The van der Waals surface area contributed by atoms with Crippen molar-refractivity contribution in [1.82, 2.24) is 9.55 Å². The molecule has 1 fully saturated rings. The van der Waals surface area contributed by atoms with Gasteiger partial charge >= 0.3 is 0 Å². The summed E-state index contributed by atoms with van der Waals surface area (Å²) in [6.07, 6.45) is 5.24. The average molecular weight is 413 g/mol. The van der Waals surface area contributed by atoms with Crippen LogP contribution in [0.1, 0.15) is 43.0 Å². The van der Waals surface area contributed by atoms with Crippen molar-refractivity contribution in [2.45, 2.75) is 62.4 Å². The first kappa shape index (κ1) is 19.4. The van der Waals surface area contributed by atoms with Crippen molar-refractivity contribution in [3.63, 3.8) is 0 Å². The Labute approximate surface area is 173 Å². The highest BCUT2D eigenvalue weighted by Gasteiger charge is 2.26. The maximum atomic E-state index is 13.3. The smallest absolute Gasteiger partial charge is 0.262 e. The van der Waals surface area contributed by atoms with Crippen molar-refractivity contribution in [3.8, 4) is 0 Å². The number of thioether (sulfide) groups is 1. The zero-order valence-electron chi connectivity index (χ0n) is 16.0. The van der Waals surface area contributed by atoms with Crippen molar-refractivity contribution < 1.29 is 4.79 Å². The van der Waals surface area contributed by atoms with Gasteiger partial charge in [0, 0.05) is 17.8 Å². The van der Waals surface area contributed by atoms with Gasteiger partial charge in [0.05, 0.1) is 10.6 Å². The molecule has 0 radical (unpaired) electrons. The molecule has 3 aromatic rings. The van der Waals surface area contributed by atoms with Crippen molar-refractivity contribution in [2.24, 2.45) is 0 Å². The molecular weight excluding hydrogens is 388 g/mol. The van der Waals surface area contributed by atoms with Crippen LogP contribution in [0, 0.1) is 0 Å². The van der Waals surface area contributed by atoms with Gasteiger partial charge in [-0.1, -0.05) is 55.4 Å². The zero-order valence-corrected chi connectivity index (χ0v) is 17.7. The summed E-state index contributed by atoms with van der Waals surface area (Å²) in [6, 6.07) is 12.2. The third kappa shape index (κ3) is 4.08. The number of carbonyl (C=O) groups excluding carboxylic acids is 1. The third-order valence-corrected chi connectivity index (χ3v) is 7.71. The van der Waals surface area contributed by atoms with E-state index in [0.29, 0.717) is 29.3 Å². The minimum Gasteiger partial charge on any atom is -0.298 e. The predicted molar refractivity (Wildman–Crippen MR) is 117 cm³/mol. The van der Waals surface area contributed by atoms with Crippen LogP contribution < -0.4 is 5.56 Å². The van der Waals surface area contributed by atoms with Crippen LogP contribution in [0.25, 0.3) is 10.2 Å². The molecular formula is C22H24N2O2S2. The molecule has 2 aromatic heterocycles. The van der Waals surface area contributed by atoms with Gasteiger partial charge in [0.1, 0.15) is 10.6 Å². The minimum atomic E-state index is -0.0771. The lowest BCUT2D eigenvalue weighted by atomic mass is 9.99. The number of benzene rings is 1. The van der Waals surface area contributed by atoms with Gasteiger partial charge in [-0.25, -0.2) is 4.98 Å². The number of hydrogen-bond acceptors (Lipinski definition) is 5. The number of nitrogens with zero attached hydrogens (tertiary/aromatic N) is 2. The molecule has 0 bridgehead atoms. The van der Waals surface area contributed by atoms with Crippen molar-refractivity contribution in [1.29, 1.82) is 0 Å². The van der Waals surface area contributed by atoms with Crippen molar-refractivity contribution in [3.05, 3.63) is 57.2 Å². The highest BCUT2D eigenvalue weighted by molar-refractivity contribution is 8.00. The van der Waals surface area contributed by atoms with Crippen molar-refractivity contribution >= 4 is 39.1 Å². The standard InChI is InChI=1S/C22H24N2O2S2/c1-2-16-14-17-20(27-16)23-22(28-19-11-7-6-10-18(19)25)24(21(17)26)13-12-15-8-4-3-5-9-15/h3-5,8-9,14,19H,2,6-7,10-13H2,1H3/t19-/m1/s1. The summed E-state index contributed by atoms with van der Waals surface area (Å²) in [4.78, 5) is 32.4. The summed E-state index contributed by atoms with van der Waals surface area (Å²) in [5, 5.41) is 1.32. The molecule has 1 aromatic carbocycles. The van der Waals surface area contributed by atoms with Gasteiger partial charge in [-0.2, -0.15) is 0 Å². The van der Waals surface area contributed by atoms with Gasteiger partial charge in [0.25, 0.3) is 5.56 Å². The lowest BCUT2D eigenvalue weighted by Gasteiger charge is -2.21. The normalized spacial score (nSPS) is 17.3. The number of thiophene rings is 1. The van der Waals surface area contributed by atoms with E-state index < -0.39 is 0 Å². The van der Waals surface area contributed by atoms with E-state index in [9.17, 15) is 9.59 Å². The predicted octanol–water partition coefficient (Wildman–Crippen LogP) is 4.87. The molecule has 0 N–H and O–H groups in total. The summed E-state index contributed by atoms with van der Waals surface area (Å²) >= 11 is 3.08. The van der Waals surface area contributed by atoms with E-state index in [1.807, 2.05) is 24.3 Å². The SMILES string of the molecule is CCc1cc2c(=O)n(CCc3ccccc3)c(S[C@@H]3CCCCC3=O)nc2s1. The van der Waals surface area contributed by atoms with E-state index in [1.165, 1.54) is 22.2 Å². The van der Waals surface area contributed by atoms with Gasteiger partial charge in [-0.05, 0) is 37.3 Å². The Balaban J connectivity index is 1.71. The van der Waals surface area contributed by atoms with E-state index in [-0.39, 0.29) is 10.8 Å². The molecule has 0 unspecified atom stereocenters. The number of ketones is 1. The second-order valence-electron chi connectivity index (χ2n) is 7.19. The van der Waals surface area contributed by atoms with E-state index in [4.69, 9.17) is 4.98 Å². The number of aromatic nitrogens is 2. The summed E-state index contributed by atoms with van der Waals surface area (Å²) in [6.45, 7) is 2.67. The van der Waals surface area contributed by atoms with E-state index >= 15 is 0 Å². The summed E-state index contributed by atoms with van der Waals surface area (Å²) in [5.41, 5.74) is 1.21. The maximum Gasteiger partial charge on any atom is 0.262 e. The van der Waals surface area contributed by atoms with E-state index in [0.717, 1.165) is 36.9 Å². The Kier molecular flexibility index (Phi) is 5.97. The highest BCUT2D eigenvalue weighted by atomic mass is 32.2. The average Bonchev–Trinajstić information content (AvgIpc) is 3.14. The molecule has 4 nitrogen and oxygen atoms in total. The molecule has 0 amide bonds. The van der Waals surface area contributed by atoms with Gasteiger partial charge in [0.15, 0.2) is 5.16 Å².